The van der Waals surface area contributed by atoms with Gasteiger partial charge >= 0.3 is 0 Å². The van der Waals surface area contributed by atoms with Crippen LogP contribution in [0.3, 0.4) is 0 Å². The first kappa shape index (κ1) is 15.0. The van der Waals surface area contributed by atoms with Gasteiger partial charge in [-0.05, 0) is 37.9 Å². The lowest BCUT2D eigenvalue weighted by molar-refractivity contribution is -0.125. The maximum atomic E-state index is 12.0. The molecule has 2 N–H and O–H groups in total. The Morgan fingerprint density at radius 1 is 1.45 bits per heavy atom. The van der Waals surface area contributed by atoms with Gasteiger partial charge in [0.15, 0.2) is 0 Å². The number of hydrogen-bond acceptors (Lipinski definition) is 3. The monoisotopic (exact) mass is 300 g/mol. The van der Waals surface area contributed by atoms with Crippen LogP contribution in [-0.4, -0.2) is 35.1 Å². The van der Waals surface area contributed by atoms with Gasteiger partial charge in [-0.3, -0.25) is 4.79 Å². The zero-order chi connectivity index (χ0) is 15.4. The number of nitrogens with one attached hydrogen (secondary N) is 2. The van der Waals surface area contributed by atoms with Gasteiger partial charge in [0.1, 0.15) is 5.82 Å². The molecule has 1 amide bonds. The van der Waals surface area contributed by atoms with Crippen molar-refractivity contribution in [3.8, 4) is 0 Å². The number of carbonyl (C=O) groups excluding carboxylic acids is 1. The highest BCUT2D eigenvalue weighted by Crippen LogP contribution is 2.15. The molecule has 22 heavy (non-hydrogen) atoms. The van der Waals surface area contributed by atoms with Gasteiger partial charge in [0.05, 0.1) is 17.0 Å². The number of aromatic nitrogens is 2. The molecular formula is C17H24N4O. The van der Waals surface area contributed by atoms with Crippen LogP contribution in [0.15, 0.2) is 24.3 Å². The largest absolute Gasteiger partial charge is 0.356 e. The molecule has 118 valence electrons. The van der Waals surface area contributed by atoms with E-state index in [9.17, 15) is 4.79 Å². The van der Waals surface area contributed by atoms with Crippen LogP contribution >= 0.6 is 0 Å². The molecule has 1 aromatic heterocycles. The number of hydrogen-bond donors (Lipinski definition) is 2. The smallest absolute Gasteiger partial charge is 0.224 e. The van der Waals surface area contributed by atoms with Gasteiger partial charge in [-0.2, -0.15) is 0 Å². The Kier molecular flexibility index (Phi) is 4.73. The average molecular weight is 300 g/mol. The fourth-order valence-corrected chi connectivity index (χ4v) is 3.10. The number of piperidine rings is 1. The summed E-state index contributed by atoms with van der Waals surface area (Å²) in [5, 5.41) is 6.34. The van der Waals surface area contributed by atoms with Crippen LogP contribution in [-0.2, 0) is 18.3 Å². The minimum Gasteiger partial charge on any atom is -0.356 e. The first-order valence-corrected chi connectivity index (χ1v) is 8.14. The summed E-state index contributed by atoms with van der Waals surface area (Å²) in [5.74, 6) is 1.41. The van der Waals surface area contributed by atoms with Crippen LogP contribution in [0.5, 0.6) is 0 Å². The van der Waals surface area contributed by atoms with Crippen LogP contribution in [0.2, 0.25) is 0 Å². The van der Waals surface area contributed by atoms with Crippen molar-refractivity contribution in [2.45, 2.75) is 25.7 Å². The van der Waals surface area contributed by atoms with Crippen LogP contribution < -0.4 is 10.6 Å². The van der Waals surface area contributed by atoms with Gasteiger partial charge in [0, 0.05) is 26.6 Å². The van der Waals surface area contributed by atoms with E-state index in [1.165, 1.54) is 0 Å². The van der Waals surface area contributed by atoms with E-state index in [0.29, 0.717) is 0 Å². The third-order valence-electron chi connectivity index (χ3n) is 4.42. The van der Waals surface area contributed by atoms with Gasteiger partial charge in [-0.25, -0.2) is 4.98 Å². The van der Waals surface area contributed by atoms with Crippen molar-refractivity contribution >= 4 is 16.9 Å². The quantitative estimate of drug-likeness (QED) is 0.825. The summed E-state index contributed by atoms with van der Waals surface area (Å²) >= 11 is 0. The number of aryl methyl sites for hydroxylation is 2. The zero-order valence-electron chi connectivity index (χ0n) is 13.1. The van der Waals surface area contributed by atoms with E-state index in [-0.39, 0.29) is 11.8 Å². The summed E-state index contributed by atoms with van der Waals surface area (Å²) in [6, 6.07) is 8.17. The fraction of sp³-hybridized carbons (Fsp3) is 0.529. The summed E-state index contributed by atoms with van der Waals surface area (Å²) in [5.41, 5.74) is 2.20. The molecule has 0 saturated carbocycles. The average Bonchev–Trinajstić information content (AvgIpc) is 2.89. The van der Waals surface area contributed by atoms with E-state index < -0.39 is 0 Å². The highest BCUT2D eigenvalue weighted by Gasteiger charge is 2.20. The third kappa shape index (κ3) is 3.30. The third-order valence-corrected chi connectivity index (χ3v) is 4.42. The summed E-state index contributed by atoms with van der Waals surface area (Å²) in [4.78, 5) is 16.7. The molecule has 5 heteroatoms. The number of para-hydroxylation sites is 2. The molecule has 1 aromatic carbocycles. The Morgan fingerprint density at radius 3 is 3.09 bits per heavy atom. The van der Waals surface area contributed by atoms with Crippen LogP contribution in [0.4, 0.5) is 0 Å². The number of rotatable bonds is 5. The lowest BCUT2D eigenvalue weighted by Gasteiger charge is -2.21. The minimum atomic E-state index is 0.143. The van der Waals surface area contributed by atoms with Crippen LogP contribution in [0.25, 0.3) is 11.0 Å². The van der Waals surface area contributed by atoms with Gasteiger partial charge < -0.3 is 15.2 Å². The van der Waals surface area contributed by atoms with E-state index in [1.807, 2.05) is 18.2 Å². The highest BCUT2D eigenvalue weighted by atomic mass is 16.1. The molecule has 3 rings (SSSR count). The predicted octanol–water partition coefficient (Wildman–Crippen LogP) is 1.62. The van der Waals surface area contributed by atoms with Gasteiger partial charge in [0.25, 0.3) is 0 Å². The molecule has 0 aliphatic carbocycles. The molecule has 1 atom stereocenters. The van der Waals surface area contributed by atoms with E-state index >= 15 is 0 Å². The Hall–Kier alpha value is -1.88. The van der Waals surface area contributed by atoms with Crippen LogP contribution in [0, 0.1) is 5.92 Å². The summed E-state index contributed by atoms with van der Waals surface area (Å²) in [6.07, 6.45) is 3.90. The van der Waals surface area contributed by atoms with Crippen molar-refractivity contribution in [1.29, 1.82) is 0 Å². The predicted molar refractivity (Wildman–Crippen MR) is 87.6 cm³/mol. The molecule has 1 aliphatic rings. The van der Waals surface area contributed by atoms with E-state index in [4.69, 9.17) is 0 Å². The summed E-state index contributed by atoms with van der Waals surface area (Å²) < 4.78 is 2.14. The van der Waals surface area contributed by atoms with Gasteiger partial charge in [0.2, 0.25) is 5.91 Å². The maximum Gasteiger partial charge on any atom is 0.224 e. The molecule has 0 bridgehead atoms. The summed E-state index contributed by atoms with van der Waals surface area (Å²) in [6.45, 7) is 2.58. The molecule has 1 saturated heterocycles. The van der Waals surface area contributed by atoms with Crippen molar-refractivity contribution in [2.75, 3.05) is 19.6 Å². The molecule has 1 unspecified atom stereocenters. The molecule has 5 nitrogen and oxygen atoms in total. The van der Waals surface area contributed by atoms with Crippen molar-refractivity contribution < 1.29 is 4.79 Å². The number of nitrogens with zero attached hydrogens (tertiary/aromatic N) is 2. The zero-order valence-corrected chi connectivity index (χ0v) is 13.1. The maximum absolute atomic E-state index is 12.0. The summed E-state index contributed by atoms with van der Waals surface area (Å²) in [7, 11) is 2.05. The molecule has 1 aliphatic heterocycles. The SMILES string of the molecule is Cn1c(CCCNC(=O)C2CCCNC2)nc2ccccc21. The molecule has 2 heterocycles. The lowest BCUT2D eigenvalue weighted by atomic mass is 9.99. The molecule has 0 spiro atoms. The van der Waals surface area contributed by atoms with Crippen molar-refractivity contribution in [1.82, 2.24) is 20.2 Å². The molecule has 2 aromatic rings. The molecule has 0 radical (unpaired) electrons. The van der Waals surface area contributed by atoms with Crippen molar-refractivity contribution in [3.63, 3.8) is 0 Å². The Bertz CT molecular complexity index is 643. The van der Waals surface area contributed by atoms with Crippen LogP contribution in [0.1, 0.15) is 25.1 Å². The molecular weight excluding hydrogens is 276 g/mol. The second-order valence-electron chi connectivity index (χ2n) is 6.01. The topological polar surface area (TPSA) is 59.0 Å². The van der Waals surface area contributed by atoms with E-state index in [0.717, 1.165) is 62.2 Å². The van der Waals surface area contributed by atoms with Gasteiger partial charge in [-0.1, -0.05) is 12.1 Å². The first-order chi connectivity index (χ1) is 10.8. The first-order valence-electron chi connectivity index (χ1n) is 8.14. The number of fused-ring (bicyclic) bond motifs is 1. The fourth-order valence-electron chi connectivity index (χ4n) is 3.10. The number of carbonyl (C=O) groups is 1. The second-order valence-corrected chi connectivity index (χ2v) is 6.01. The second kappa shape index (κ2) is 6.92. The number of benzene rings is 1. The lowest BCUT2D eigenvalue weighted by Crippen LogP contribution is -2.40. The van der Waals surface area contributed by atoms with E-state index in [2.05, 4.69) is 33.3 Å². The van der Waals surface area contributed by atoms with Gasteiger partial charge in [-0.15, -0.1) is 0 Å². The highest BCUT2D eigenvalue weighted by molar-refractivity contribution is 5.79. The molecule has 1 fully saturated rings. The van der Waals surface area contributed by atoms with E-state index in [1.54, 1.807) is 0 Å². The van der Waals surface area contributed by atoms with Crippen molar-refractivity contribution in [2.24, 2.45) is 13.0 Å². The Labute approximate surface area is 131 Å². The minimum absolute atomic E-state index is 0.143. The Balaban J connectivity index is 1.48. The van der Waals surface area contributed by atoms with Crippen molar-refractivity contribution in [3.05, 3.63) is 30.1 Å². The standard InChI is InChI=1S/C17H24N4O/c1-21-15-8-3-2-7-14(15)20-16(21)9-5-11-19-17(22)13-6-4-10-18-12-13/h2-3,7-8,13,18H,4-6,9-12H2,1H3,(H,19,22). The number of imidazole rings is 1. The Morgan fingerprint density at radius 2 is 2.32 bits per heavy atom. The number of amides is 1. The normalized spacial score (nSPS) is 18.5.